The Labute approximate surface area is 145 Å². The van der Waals surface area contributed by atoms with Crippen LogP contribution in [0.15, 0.2) is 69.6 Å². The molecule has 2 nitrogen and oxygen atoms in total. The number of nitrogens with one attached hydrogen (secondary N) is 1. The molecule has 0 bridgehead atoms. The number of aryl methyl sites for hydroxylation is 1. The standard InChI is InChI=1S/C20H20BrNO/c1-14-12-17(21)8-10-19(14)20-11-9-18(23-20)13-22-15(2)16-6-4-3-5-7-16/h3-12,15,22H,13H2,1-2H3/t15-/m0/s1. The summed E-state index contributed by atoms with van der Waals surface area (Å²) < 4.78 is 7.09. The van der Waals surface area contributed by atoms with Gasteiger partial charge in [-0.25, -0.2) is 0 Å². The van der Waals surface area contributed by atoms with Crippen LogP contribution in [-0.2, 0) is 6.54 Å². The van der Waals surface area contributed by atoms with Crippen molar-refractivity contribution in [3.63, 3.8) is 0 Å². The van der Waals surface area contributed by atoms with E-state index in [4.69, 9.17) is 4.42 Å². The molecule has 1 heterocycles. The highest BCUT2D eigenvalue weighted by atomic mass is 79.9. The van der Waals surface area contributed by atoms with Gasteiger partial charge in [0.2, 0.25) is 0 Å². The second-order valence-corrected chi connectivity index (χ2v) is 6.65. The lowest BCUT2D eigenvalue weighted by Gasteiger charge is -2.13. The molecule has 0 spiro atoms. The molecule has 3 aromatic rings. The minimum absolute atomic E-state index is 0.291. The van der Waals surface area contributed by atoms with Gasteiger partial charge in [0.05, 0.1) is 6.54 Å². The zero-order chi connectivity index (χ0) is 16.2. The maximum atomic E-state index is 6.00. The molecule has 1 atom stereocenters. The van der Waals surface area contributed by atoms with E-state index in [1.54, 1.807) is 0 Å². The molecule has 0 amide bonds. The first-order valence-electron chi connectivity index (χ1n) is 7.77. The summed E-state index contributed by atoms with van der Waals surface area (Å²) in [7, 11) is 0. The molecule has 23 heavy (non-hydrogen) atoms. The van der Waals surface area contributed by atoms with Gasteiger partial charge >= 0.3 is 0 Å². The minimum Gasteiger partial charge on any atom is -0.460 e. The molecule has 2 aromatic carbocycles. The van der Waals surface area contributed by atoms with Crippen molar-refractivity contribution >= 4 is 15.9 Å². The Balaban J connectivity index is 1.68. The molecule has 0 aliphatic rings. The van der Waals surface area contributed by atoms with Crippen LogP contribution in [0.2, 0.25) is 0 Å². The van der Waals surface area contributed by atoms with E-state index in [1.807, 2.05) is 24.3 Å². The number of furan rings is 1. The number of hydrogen-bond acceptors (Lipinski definition) is 2. The molecular formula is C20H20BrNO. The SMILES string of the molecule is Cc1cc(Br)ccc1-c1ccc(CN[C@@H](C)c2ccccc2)o1. The van der Waals surface area contributed by atoms with Gasteiger partial charge in [-0.3, -0.25) is 0 Å². The Kier molecular flexibility index (Phi) is 4.99. The van der Waals surface area contributed by atoms with Crippen LogP contribution in [0.4, 0.5) is 0 Å². The fourth-order valence-corrected chi connectivity index (χ4v) is 3.11. The van der Waals surface area contributed by atoms with Crippen LogP contribution in [0, 0.1) is 6.92 Å². The molecule has 118 valence electrons. The Bertz CT molecular complexity index is 779. The third-order valence-electron chi connectivity index (χ3n) is 4.00. The molecule has 0 saturated carbocycles. The van der Waals surface area contributed by atoms with Crippen LogP contribution in [0.1, 0.15) is 29.9 Å². The van der Waals surface area contributed by atoms with Crippen molar-refractivity contribution in [2.75, 3.05) is 0 Å². The van der Waals surface area contributed by atoms with Gasteiger partial charge in [0.25, 0.3) is 0 Å². The first kappa shape index (κ1) is 16.0. The smallest absolute Gasteiger partial charge is 0.134 e. The fraction of sp³-hybridized carbons (Fsp3) is 0.200. The predicted molar refractivity (Wildman–Crippen MR) is 98.3 cm³/mol. The van der Waals surface area contributed by atoms with Gasteiger partial charge in [-0.1, -0.05) is 46.3 Å². The molecule has 0 aliphatic heterocycles. The van der Waals surface area contributed by atoms with Crippen LogP contribution in [0.25, 0.3) is 11.3 Å². The summed E-state index contributed by atoms with van der Waals surface area (Å²) in [5.41, 5.74) is 3.62. The van der Waals surface area contributed by atoms with Gasteiger partial charge in [-0.2, -0.15) is 0 Å². The number of rotatable bonds is 5. The van der Waals surface area contributed by atoms with Crippen molar-refractivity contribution in [2.45, 2.75) is 26.4 Å². The van der Waals surface area contributed by atoms with Gasteiger partial charge in [-0.05, 0) is 55.3 Å². The van der Waals surface area contributed by atoms with Gasteiger partial charge in [-0.15, -0.1) is 0 Å². The van der Waals surface area contributed by atoms with E-state index in [0.29, 0.717) is 12.6 Å². The lowest BCUT2D eigenvalue weighted by atomic mass is 10.1. The summed E-state index contributed by atoms with van der Waals surface area (Å²) >= 11 is 3.50. The maximum Gasteiger partial charge on any atom is 0.134 e. The lowest BCUT2D eigenvalue weighted by Crippen LogP contribution is -2.17. The first-order valence-corrected chi connectivity index (χ1v) is 8.56. The van der Waals surface area contributed by atoms with Crippen LogP contribution in [-0.4, -0.2) is 0 Å². The van der Waals surface area contributed by atoms with Gasteiger partial charge in [0, 0.05) is 16.1 Å². The average Bonchev–Trinajstić information content (AvgIpc) is 3.02. The van der Waals surface area contributed by atoms with E-state index < -0.39 is 0 Å². The van der Waals surface area contributed by atoms with Crippen LogP contribution >= 0.6 is 15.9 Å². The first-order chi connectivity index (χ1) is 11.1. The van der Waals surface area contributed by atoms with E-state index in [2.05, 4.69) is 71.5 Å². The van der Waals surface area contributed by atoms with Crippen molar-refractivity contribution in [1.82, 2.24) is 5.32 Å². The summed E-state index contributed by atoms with van der Waals surface area (Å²) in [5.74, 6) is 1.87. The van der Waals surface area contributed by atoms with E-state index in [9.17, 15) is 0 Å². The maximum absolute atomic E-state index is 6.00. The predicted octanol–water partition coefficient (Wildman–Crippen LogP) is 5.87. The normalized spacial score (nSPS) is 12.3. The number of hydrogen-bond donors (Lipinski definition) is 1. The topological polar surface area (TPSA) is 25.2 Å². The third kappa shape index (κ3) is 3.92. The zero-order valence-corrected chi connectivity index (χ0v) is 14.9. The van der Waals surface area contributed by atoms with Gasteiger partial charge < -0.3 is 9.73 Å². The fourth-order valence-electron chi connectivity index (χ4n) is 2.63. The Morgan fingerprint density at radius 3 is 2.57 bits per heavy atom. The molecule has 1 N–H and O–H groups in total. The van der Waals surface area contributed by atoms with Crippen molar-refractivity contribution in [3.8, 4) is 11.3 Å². The summed E-state index contributed by atoms with van der Waals surface area (Å²) in [6, 6.07) is 21.0. The van der Waals surface area contributed by atoms with Crippen LogP contribution < -0.4 is 5.32 Å². The highest BCUT2D eigenvalue weighted by Gasteiger charge is 2.09. The van der Waals surface area contributed by atoms with Crippen molar-refractivity contribution < 1.29 is 4.42 Å². The van der Waals surface area contributed by atoms with Crippen LogP contribution in [0.3, 0.4) is 0 Å². The molecule has 1 aromatic heterocycles. The summed E-state index contributed by atoms with van der Waals surface area (Å²) in [4.78, 5) is 0. The Hall–Kier alpha value is -1.84. The van der Waals surface area contributed by atoms with E-state index in [-0.39, 0.29) is 0 Å². The van der Waals surface area contributed by atoms with Crippen molar-refractivity contribution in [3.05, 3.63) is 82.0 Å². The quantitative estimate of drug-likeness (QED) is 0.608. The molecular weight excluding hydrogens is 350 g/mol. The summed E-state index contributed by atoms with van der Waals surface area (Å²) in [6.07, 6.45) is 0. The molecule has 0 fully saturated rings. The lowest BCUT2D eigenvalue weighted by molar-refractivity contribution is 0.468. The Morgan fingerprint density at radius 1 is 1.04 bits per heavy atom. The summed E-state index contributed by atoms with van der Waals surface area (Å²) in [6.45, 7) is 4.97. The van der Waals surface area contributed by atoms with Gasteiger partial charge in [0.1, 0.15) is 11.5 Å². The highest BCUT2D eigenvalue weighted by Crippen LogP contribution is 2.28. The van der Waals surface area contributed by atoms with Gasteiger partial charge in [0.15, 0.2) is 0 Å². The highest BCUT2D eigenvalue weighted by molar-refractivity contribution is 9.10. The third-order valence-corrected chi connectivity index (χ3v) is 4.49. The molecule has 0 radical (unpaired) electrons. The molecule has 0 saturated heterocycles. The molecule has 0 unspecified atom stereocenters. The second kappa shape index (κ2) is 7.16. The number of benzene rings is 2. The number of halogens is 1. The van der Waals surface area contributed by atoms with E-state index >= 15 is 0 Å². The van der Waals surface area contributed by atoms with E-state index in [0.717, 1.165) is 21.6 Å². The minimum atomic E-state index is 0.291. The average molecular weight is 370 g/mol. The molecule has 3 heteroatoms. The molecule has 0 aliphatic carbocycles. The monoisotopic (exact) mass is 369 g/mol. The Morgan fingerprint density at radius 2 is 1.83 bits per heavy atom. The van der Waals surface area contributed by atoms with Crippen LogP contribution in [0.5, 0.6) is 0 Å². The van der Waals surface area contributed by atoms with E-state index in [1.165, 1.54) is 11.1 Å². The zero-order valence-electron chi connectivity index (χ0n) is 13.3. The summed E-state index contributed by atoms with van der Waals surface area (Å²) in [5, 5.41) is 3.50. The second-order valence-electron chi connectivity index (χ2n) is 5.74. The largest absolute Gasteiger partial charge is 0.460 e. The molecule has 3 rings (SSSR count). The van der Waals surface area contributed by atoms with Crippen molar-refractivity contribution in [1.29, 1.82) is 0 Å². The van der Waals surface area contributed by atoms with Crippen molar-refractivity contribution in [2.24, 2.45) is 0 Å².